The first kappa shape index (κ1) is 12.6. The summed E-state index contributed by atoms with van der Waals surface area (Å²) in [5.41, 5.74) is 0.660. The molecule has 0 fully saturated rings. The highest BCUT2D eigenvalue weighted by Gasteiger charge is 2.29. The summed E-state index contributed by atoms with van der Waals surface area (Å²) in [5.74, 6) is -0.684. The van der Waals surface area contributed by atoms with E-state index in [-0.39, 0.29) is 0 Å². The minimum Gasteiger partial charge on any atom is -0.391 e. The van der Waals surface area contributed by atoms with Crippen molar-refractivity contribution in [1.82, 2.24) is 0 Å². The molecule has 0 radical (unpaired) electrons. The molecule has 1 aromatic rings. The van der Waals surface area contributed by atoms with Gasteiger partial charge in [0.05, 0.1) is 18.1 Å². The second-order valence-electron chi connectivity index (χ2n) is 3.76. The van der Waals surface area contributed by atoms with E-state index >= 15 is 0 Å². The Labute approximate surface area is 93.5 Å². The predicted octanol–water partition coefficient (Wildman–Crippen LogP) is 0.789. The summed E-state index contributed by atoms with van der Waals surface area (Å²) in [7, 11) is 0. The molecular formula is C11H15NO4. The van der Waals surface area contributed by atoms with Crippen LogP contribution in [-0.2, 0) is 0 Å². The normalized spacial score (nSPS) is 16.4. The van der Waals surface area contributed by atoms with Crippen molar-refractivity contribution < 1.29 is 15.1 Å². The van der Waals surface area contributed by atoms with Crippen LogP contribution in [-0.4, -0.2) is 33.9 Å². The van der Waals surface area contributed by atoms with Gasteiger partial charge in [0.15, 0.2) is 0 Å². The van der Waals surface area contributed by atoms with Crippen LogP contribution in [0.4, 0.5) is 0 Å². The Hall–Kier alpha value is -1.46. The third-order valence-electron chi connectivity index (χ3n) is 2.48. The van der Waals surface area contributed by atoms with E-state index in [9.17, 15) is 20.3 Å². The number of nitrogens with zero attached hydrogens (tertiary/aromatic N) is 1. The largest absolute Gasteiger partial charge is 0.391 e. The van der Waals surface area contributed by atoms with Crippen molar-refractivity contribution >= 4 is 0 Å². The third-order valence-corrected chi connectivity index (χ3v) is 2.48. The number of aliphatic hydroxyl groups is 2. The number of hydrogen-bond donors (Lipinski definition) is 2. The zero-order valence-electron chi connectivity index (χ0n) is 8.98. The molecule has 16 heavy (non-hydrogen) atoms. The van der Waals surface area contributed by atoms with Crippen molar-refractivity contribution in [3.63, 3.8) is 0 Å². The highest BCUT2D eigenvalue weighted by atomic mass is 16.6. The van der Waals surface area contributed by atoms with Gasteiger partial charge in [0.25, 0.3) is 0 Å². The van der Waals surface area contributed by atoms with Crippen LogP contribution >= 0.6 is 0 Å². The Morgan fingerprint density at radius 1 is 1.31 bits per heavy atom. The quantitative estimate of drug-likeness (QED) is 0.573. The lowest BCUT2D eigenvalue weighted by Gasteiger charge is -2.22. The maximum absolute atomic E-state index is 10.5. The third kappa shape index (κ3) is 3.29. The zero-order valence-corrected chi connectivity index (χ0v) is 8.98. The SMILES string of the molecule is CC(O)C(O)[C@@H](C[N+](=O)[O-])c1ccccc1. The fourth-order valence-corrected chi connectivity index (χ4v) is 1.61. The average molecular weight is 225 g/mol. The maximum Gasteiger partial charge on any atom is 0.213 e. The molecule has 0 bridgehead atoms. The van der Waals surface area contributed by atoms with Crippen molar-refractivity contribution in [2.75, 3.05) is 6.54 Å². The summed E-state index contributed by atoms with van der Waals surface area (Å²) in [6, 6.07) is 8.70. The van der Waals surface area contributed by atoms with E-state index in [1.807, 2.05) is 0 Å². The van der Waals surface area contributed by atoms with Crippen molar-refractivity contribution in [2.45, 2.75) is 25.0 Å². The monoisotopic (exact) mass is 225 g/mol. The van der Waals surface area contributed by atoms with E-state index in [1.54, 1.807) is 30.3 Å². The standard InChI is InChI=1S/C11H15NO4/c1-8(13)11(14)10(7-12(15)16)9-5-3-2-4-6-9/h2-6,8,10-11,13-14H,7H2,1H3/t8?,10-,11?/m0/s1. The molecule has 88 valence electrons. The molecule has 0 aromatic heterocycles. The molecule has 0 spiro atoms. The Morgan fingerprint density at radius 2 is 1.88 bits per heavy atom. The van der Waals surface area contributed by atoms with Crippen LogP contribution in [0, 0.1) is 10.1 Å². The number of hydrogen-bond acceptors (Lipinski definition) is 4. The Bertz CT molecular complexity index is 339. The summed E-state index contributed by atoms with van der Waals surface area (Å²) >= 11 is 0. The van der Waals surface area contributed by atoms with Gasteiger partial charge in [-0.3, -0.25) is 10.1 Å². The second-order valence-corrected chi connectivity index (χ2v) is 3.76. The second kappa shape index (κ2) is 5.58. The minimum atomic E-state index is -1.13. The van der Waals surface area contributed by atoms with Gasteiger partial charge in [-0.1, -0.05) is 30.3 Å². The number of nitro groups is 1. The van der Waals surface area contributed by atoms with E-state index in [0.29, 0.717) is 5.56 Å². The smallest absolute Gasteiger partial charge is 0.213 e. The highest BCUT2D eigenvalue weighted by molar-refractivity contribution is 5.21. The molecule has 0 saturated heterocycles. The van der Waals surface area contributed by atoms with Crippen LogP contribution in [0.5, 0.6) is 0 Å². The van der Waals surface area contributed by atoms with Gasteiger partial charge in [0.1, 0.15) is 0 Å². The first-order valence-corrected chi connectivity index (χ1v) is 5.05. The van der Waals surface area contributed by atoms with Crippen LogP contribution in [0.25, 0.3) is 0 Å². The molecule has 0 aliphatic rings. The average Bonchev–Trinajstić information content (AvgIpc) is 2.26. The van der Waals surface area contributed by atoms with E-state index in [1.165, 1.54) is 6.92 Å². The van der Waals surface area contributed by atoms with Crippen LogP contribution in [0.2, 0.25) is 0 Å². The summed E-state index contributed by atoms with van der Waals surface area (Å²) in [6.45, 7) is 1.02. The van der Waals surface area contributed by atoms with Crippen LogP contribution in [0.3, 0.4) is 0 Å². The molecule has 2 N–H and O–H groups in total. The van der Waals surface area contributed by atoms with E-state index in [0.717, 1.165) is 0 Å². The molecule has 0 amide bonds. The molecule has 1 rings (SSSR count). The first-order chi connectivity index (χ1) is 7.52. The Kier molecular flexibility index (Phi) is 4.39. The van der Waals surface area contributed by atoms with Gasteiger partial charge in [0.2, 0.25) is 6.54 Å². The van der Waals surface area contributed by atoms with Gasteiger partial charge in [-0.15, -0.1) is 0 Å². The fraction of sp³-hybridized carbons (Fsp3) is 0.455. The molecule has 5 nitrogen and oxygen atoms in total. The number of rotatable bonds is 5. The molecule has 5 heteroatoms. The van der Waals surface area contributed by atoms with Gasteiger partial charge in [-0.25, -0.2) is 0 Å². The molecule has 1 aromatic carbocycles. The summed E-state index contributed by atoms with van der Waals surface area (Å²) in [6.07, 6.45) is -2.13. The molecule has 0 saturated carbocycles. The maximum atomic E-state index is 10.5. The first-order valence-electron chi connectivity index (χ1n) is 5.05. The van der Waals surface area contributed by atoms with Crippen molar-refractivity contribution in [3.8, 4) is 0 Å². The van der Waals surface area contributed by atoms with Crippen LogP contribution in [0.1, 0.15) is 18.4 Å². The molecule has 0 aliphatic heterocycles. The lowest BCUT2D eigenvalue weighted by molar-refractivity contribution is -0.485. The predicted molar refractivity (Wildman–Crippen MR) is 58.7 cm³/mol. The molecule has 3 atom stereocenters. The summed E-state index contributed by atoms with van der Waals surface area (Å²) in [5, 5.41) is 29.5. The number of benzene rings is 1. The van der Waals surface area contributed by atoms with Gasteiger partial charge in [-0.2, -0.15) is 0 Å². The van der Waals surface area contributed by atoms with Crippen molar-refractivity contribution in [2.24, 2.45) is 0 Å². The van der Waals surface area contributed by atoms with Crippen LogP contribution < -0.4 is 0 Å². The fourth-order valence-electron chi connectivity index (χ4n) is 1.61. The van der Waals surface area contributed by atoms with Crippen molar-refractivity contribution in [3.05, 3.63) is 46.0 Å². The number of aliphatic hydroxyl groups excluding tert-OH is 2. The Morgan fingerprint density at radius 3 is 2.31 bits per heavy atom. The molecular weight excluding hydrogens is 210 g/mol. The minimum absolute atomic E-state index is 0.393. The Balaban J connectivity index is 2.91. The summed E-state index contributed by atoms with van der Waals surface area (Å²) < 4.78 is 0. The highest BCUT2D eigenvalue weighted by Crippen LogP contribution is 2.22. The van der Waals surface area contributed by atoms with Gasteiger partial charge in [-0.05, 0) is 12.5 Å². The van der Waals surface area contributed by atoms with Gasteiger partial charge < -0.3 is 10.2 Å². The molecule has 0 aliphatic carbocycles. The summed E-state index contributed by atoms with van der Waals surface area (Å²) in [4.78, 5) is 10.0. The van der Waals surface area contributed by atoms with Crippen molar-refractivity contribution in [1.29, 1.82) is 0 Å². The molecule has 0 heterocycles. The van der Waals surface area contributed by atoms with E-state index < -0.39 is 29.6 Å². The zero-order chi connectivity index (χ0) is 12.1. The van der Waals surface area contributed by atoms with Gasteiger partial charge >= 0.3 is 0 Å². The lowest BCUT2D eigenvalue weighted by atomic mass is 9.91. The van der Waals surface area contributed by atoms with E-state index in [2.05, 4.69) is 0 Å². The van der Waals surface area contributed by atoms with Crippen LogP contribution in [0.15, 0.2) is 30.3 Å². The van der Waals surface area contributed by atoms with Gasteiger partial charge in [0, 0.05) is 4.92 Å². The lowest BCUT2D eigenvalue weighted by Crippen LogP contribution is -2.33. The van der Waals surface area contributed by atoms with E-state index in [4.69, 9.17) is 0 Å². The molecule has 2 unspecified atom stereocenters. The topological polar surface area (TPSA) is 83.6 Å².